The zero-order valence-electron chi connectivity index (χ0n) is 19.1. The lowest BCUT2D eigenvalue weighted by Gasteiger charge is -2.19. The van der Waals surface area contributed by atoms with E-state index in [9.17, 15) is 9.59 Å². The predicted molar refractivity (Wildman–Crippen MR) is 138 cm³/mol. The van der Waals surface area contributed by atoms with Crippen LogP contribution in [-0.4, -0.2) is 23.5 Å². The number of ether oxygens (including phenoxy) is 1. The standard InChI is InChI=1S/C27H29N3O3S/c1-2-3-12-19-33-23-18-11-10-17-22(23)25(31)28-27(34)30-29-26(32)24(20-13-6-4-7-14-20)21-15-8-5-9-16-21/h4-11,13-18,24H,2-3,12,19H2,1H3,(H,29,32)(H2,28,30,31,34). The van der Waals surface area contributed by atoms with E-state index in [1.807, 2.05) is 66.7 Å². The maximum Gasteiger partial charge on any atom is 0.261 e. The van der Waals surface area contributed by atoms with Crippen LogP contribution in [0.4, 0.5) is 0 Å². The van der Waals surface area contributed by atoms with Crippen LogP contribution in [0.25, 0.3) is 0 Å². The lowest BCUT2D eigenvalue weighted by molar-refractivity contribution is -0.122. The molecule has 3 aromatic carbocycles. The molecule has 0 unspecified atom stereocenters. The van der Waals surface area contributed by atoms with E-state index in [2.05, 4.69) is 23.1 Å². The number of rotatable bonds is 9. The number of benzene rings is 3. The van der Waals surface area contributed by atoms with Gasteiger partial charge in [0, 0.05) is 0 Å². The van der Waals surface area contributed by atoms with Crippen LogP contribution < -0.4 is 20.9 Å². The van der Waals surface area contributed by atoms with Crippen molar-refractivity contribution < 1.29 is 14.3 Å². The summed E-state index contributed by atoms with van der Waals surface area (Å²) < 4.78 is 5.78. The molecule has 0 bridgehead atoms. The number of carbonyl (C=O) groups is 2. The van der Waals surface area contributed by atoms with Gasteiger partial charge in [-0.15, -0.1) is 0 Å². The van der Waals surface area contributed by atoms with E-state index < -0.39 is 11.8 Å². The third kappa shape index (κ3) is 7.15. The number of unbranched alkanes of at least 4 members (excludes halogenated alkanes) is 2. The molecule has 0 heterocycles. The second-order valence-electron chi connectivity index (χ2n) is 7.70. The molecule has 0 spiro atoms. The zero-order valence-corrected chi connectivity index (χ0v) is 19.9. The Kier molecular flexibility index (Phi) is 9.61. The third-order valence-corrected chi connectivity index (χ3v) is 5.40. The van der Waals surface area contributed by atoms with Crippen LogP contribution in [0.3, 0.4) is 0 Å². The van der Waals surface area contributed by atoms with Crippen molar-refractivity contribution in [2.75, 3.05) is 6.61 Å². The van der Waals surface area contributed by atoms with Gasteiger partial charge in [-0.1, -0.05) is 92.6 Å². The molecule has 0 atom stereocenters. The van der Waals surface area contributed by atoms with Crippen molar-refractivity contribution in [3.63, 3.8) is 0 Å². The lowest BCUT2D eigenvalue weighted by Crippen LogP contribution is -2.49. The number of hydrogen-bond donors (Lipinski definition) is 3. The molecule has 176 valence electrons. The van der Waals surface area contributed by atoms with Crippen molar-refractivity contribution in [1.82, 2.24) is 16.2 Å². The Hall–Kier alpha value is -3.71. The number of hydrogen-bond acceptors (Lipinski definition) is 4. The highest BCUT2D eigenvalue weighted by Crippen LogP contribution is 2.24. The van der Waals surface area contributed by atoms with Gasteiger partial charge in [-0.3, -0.25) is 25.8 Å². The summed E-state index contributed by atoms with van der Waals surface area (Å²) in [6.07, 6.45) is 3.07. The Morgan fingerprint density at radius 1 is 0.824 bits per heavy atom. The van der Waals surface area contributed by atoms with E-state index in [4.69, 9.17) is 17.0 Å². The van der Waals surface area contributed by atoms with Crippen LogP contribution in [-0.2, 0) is 4.79 Å². The van der Waals surface area contributed by atoms with Crippen molar-refractivity contribution in [2.45, 2.75) is 32.1 Å². The first-order valence-electron chi connectivity index (χ1n) is 11.3. The average Bonchev–Trinajstić information content (AvgIpc) is 2.87. The predicted octanol–water partition coefficient (Wildman–Crippen LogP) is 4.72. The summed E-state index contributed by atoms with van der Waals surface area (Å²) in [6, 6.07) is 25.9. The van der Waals surface area contributed by atoms with Crippen molar-refractivity contribution in [3.05, 3.63) is 102 Å². The van der Waals surface area contributed by atoms with Crippen LogP contribution in [0.15, 0.2) is 84.9 Å². The molecule has 3 rings (SSSR count). The van der Waals surface area contributed by atoms with Gasteiger partial charge in [-0.2, -0.15) is 0 Å². The monoisotopic (exact) mass is 475 g/mol. The van der Waals surface area contributed by atoms with Gasteiger partial charge in [0.2, 0.25) is 5.91 Å². The minimum absolute atomic E-state index is 0.0148. The molecule has 3 aromatic rings. The Morgan fingerprint density at radius 2 is 1.41 bits per heavy atom. The van der Waals surface area contributed by atoms with E-state index in [1.165, 1.54) is 0 Å². The van der Waals surface area contributed by atoms with Crippen molar-refractivity contribution in [3.8, 4) is 5.75 Å². The van der Waals surface area contributed by atoms with Crippen LogP contribution >= 0.6 is 12.2 Å². The molecule has 0 aliphatic carbocycles. The quantitative estimate of drug-likeness (QED) is 0.237. The lowest BCUT2D eigenvalue weighted by atomic mass is 9.91. The number of para-hydroxylation sites is 1. The molecule has 3 N–H and O–H groups in total. The molecular weight excluding hydrogens is 446 g/mol. The molecule has 6 nitrogen and oxygen atoms in total. The fourth-order valence-corrected chi connectivity index (χ4v) is 3.64. The van der Waals surface area contributed by atoms with E-state index in [0.717, 1.165) is 30.4 Å². The first kappa shape index (κ1) is 24.9. The van der Waals surface area contributed by atoms with Gasteiger partial charge < -0.3 is 4.74 Å². The van der Waals surface area contributed by atoms with E-state index in [1.54, 1.807) is 18.2 Å². The molecule has 2 amide bonds. The van der Waals surface area contributed by atoms with E-state index in [-0.39, 0.29) is 11.0 Å². The van der Waals surface area contributed by atoms with Gasteiger partial charge >= 0.3 is 0 Å². The topological polar surface area (TPSA) is 79.5 Å². The maximum atomic E-state index is 13.1. The van der Waals surface area contributed by atoms with Gasteiger partial charge in [-0.25, -0.2) is 0 Å². The molecule has 0 fully saturated rings. The highest BCUT2D eigenvalue weighted by atomic mass is 32.1. The second-order valence-corrected chi connectivity index (χ2v) is 8.11. The smallest absolute Gasteiger partial charge is 0.261 e. The SMILES string of the molecule is CCCCCOc1ccccc1C(=O)NC(=S)NNC(=O)C(c1ccccc1)c1ccccc1. The number of hydrazine groups is 1. The Morgan fingerprint density at radius 3 is 2.03 bits per heavy atom. The number of nitrogens with one attached hydrogen (secondary N) is 3. The van der Waals surface area contributed by atoms with Gasteiger partial charge in [0.25, 0.3) is 5.91 Å². The third-order valence-electron chi connectivity index (χ3n) is 5.19. The number of amides is 2. The van der Waals surface area contributed by atoms with Crippen molar-refractivity contribution in [2.24, 2.45) is 0 Å². The Bertz CT molecular complexity index is 1050. The Balaban J connectivity index is 1.61. The summed E-state index contributed by atoms with van der Waals surface area (Å²) in [7, 11) is 0. The molecule has 7 heteroatoms. The minimum atomic E-state index is -0.536. The van der Waals surface area contributed by atoms with E-state index >= 15 is 0 Å². The summed E-state index contributed by atoms with van der Waals surface area (Å²) in [5.41, 5.74) is 7.33. The van der Waals surface area contributed by atoms with Crippen molar-refractivity contribution >= 4 is 29.1 Å². The largest absolute Gasteiger partial charge is 0.493 e. The normalized spacial score (nSPS) is 10.4. The summed E-state index contributed by atoms with van der Waals surface area (Å²) in [5.74, 6) is -0.754. The van der Waals surface area contributed by atoms with Gasteiger partial charge in [0.1, 0.15) is 5.75 Å². The molecule has 0 aromatic heterocycles. The second kappa shape index (κ2) is 13.1. The van der Waals surface area contributed by atoms with Crippen LogP contribution in [0, 0.1) is 0 Å². The fourth-order valence-electron chi connectivity index (χ4n) is 3.49. The van der Waals surface area contributed by atoms with E-state index in [0.29, 0.717) is 17.9 Å². The number of thiocarbonyl (C=S) groups is 1. The molecule has 34 heavy (non-hydrogen) atoms. The van der Waals surface area contributed by atoms with Gasteiger partial charge in [0.15, 0.2) is 5.11 Å². The fraction of sp³-hybridized carbons (Fsp3) is 0.222. The molecule has 0 radical (unpaired) electrons. The average molecular weight is 476 g/mol. The summed E-state index contributed by atoms with van der Waals surface area (Å²) in [5, 5.41) is 2.58. The first-order chi connectivity index (χ1) is 16.6. The first-order valence-corrected chi connectivity index (χ1v) is 11.7. The molecule has 0 aliphatic rings. The van der Waals surface area contributed by atoms with Gasteiger partial charge in [-0.05, 0) is 41.9 Å². The summed E-state index contributed by atoms with van der Waals surface area (Å²) in [4.78, 5) is 25.8. The summed E-state index contributed by atoms with van der Waals surface area (Å²) >= 11 is 5.24. The molecule has 0 saturated heterocycles. The summed E-state index contributed by atoms with van der Waals surface area (Å²) in [6.45, 7) is 2.66. The maximum absolute atomic E-state index is 13.1. The zero-order chi connectivity index (χ0) is 24.2. The van der Waals surface area contributed by atoms with Gasteiger partial charge in [0.05, 0.1) is 18.1 Å². The molecule has 0 aliphatic heterocycles. The Labute approximate surface area is 205 Å². The van der Waals surface area contributed by atoms with Crippen molar-refractivity contribution in [1.29, 1.82) is 0 Å². The molecule has 0 saturated carbocycles. The minimum Gasteiger partial charge on any atom is -0.493 e. The van der Waals surface area contributed by atoms with Crippen LogP contribution in [0.1, 0.15) is 53.6 Å². The number of carbonyl (C=O) groups excluding carboxylic acids is 2. The van der Waals surface area contributed by atoms with Crippen LogP contribution in [0.2, 0.25) is 0 Å². The van der Waals surface area contributed by atoms with Crippen LogP contribution in [0.5, 0.6) is 5.75 Å². The highest BCUT2D eigenvalue weighted by molar-refractivity contribution is 7.80. The molecular formula is C27H29N3O3S. The highest BCUT2D eigenvalue weighted by Gasteiger charge is 2.23.